The molecule has 0 aliphatic rings. The number of amidine groups is 1. The summed E-state index contributed by atoms with van der Waals surface area (Å²) >= 11 is 0. The normalized spacial score (nSPS) is 10.9. The fourth-order valence-electron chi connectivity index (χ4n) is 3.52. The molecule has 1 heterocycles. The highest BCUT2D eigenvalue weighted by Crippen LogP contribution is 2.43. The van der Waals surface area contributed by atoms with Crippen LogP contribution in [0.25, 0.3) is 33.5 Å². The Morgan fingerprint density at radius 3 is 2.32 bits per heavy atom. The summed E-state index contributed by atoms with van der Waals surface area (Å²) in [5.74, 6) is 0.136. The fraction of sp³-hybridized carbons (Fsp3) is 0.192. The van der Waals surface area contributed by atoms with E-state index in [1.807, 2.05) is 33.8 Å². The van der Waals surface area contributed by atoms with E-state index in [0.29, 0.717) is 50.2 Å². The summed E-state index contributed by atoms with van der Waals surface area (Å²) in [6.45, 7) is 7.66. The van der Waals surface area contributed by atoms with Gasteiger partial charge in [0.2, 0.25) is 0 Å². The number of fused-ring (bicyclic) bond motifs is 1. The van der Waals surface area contributed by atoms with Gasteiger partial charge in [0.25, 0.3) is 0 Å². The highest BCUT2D eigenvalue weighted by molar-refractivity contribution is 5.98. The third kappa shape index (κ3) is 4.56. The van der Waals surface area contributed by atoms with Crippen LogP contribution in [0.3, 0.4) is 0 Å². The second kappa shape index (κ2) is 9.25. The number of benzene rings is 3. The molecule has 0 bridgehead atoms. The van der Waals surface area contributed by atoms with Crippen molar-refractivity contribution in [1.82, 2.24) is 9.97 Å². The minimum atomic E-state index is -0.756. The average molecular weight is 457 g/mol. The highest BCUT2D eigenvalue weighted by atomic mass is 16.3. The number of hydrogen-bond donors (Lipinski definition) is 6. The van der Waals surface area contributed by atoms with Gasteiger partial charge in [-0.25, -0.2) is 4.98 Å². The quantitative estimate of drug-likeness (QED) is 0.192. The third-order valence-electron chi connectivity index (χ3n) is 5.32. The Morgan fingerprint density at radius 1 is 1.03 bits per heavy atom. The molecule has 0 spiro atoms. The monoisotopic (exact) mass is 456 g/mol. The van der Waals surface area contributed by atoms with Crippen molar-refractivity contribution < 1.29 is 10.2 Å². The molecule has 0 amide bonds. The predicted octanol–water partition coefficient (Wildman–Crippen LogP) is 4.68. The summed E-state index contributed by atoms with van der Waals surface area (Å²) in [6, 6.07) is 15.1. The van der Waals surface area contributed by atoms with Gasteiger partial charge in [0, 0.05) is 22.2 Å². The van der Waals surface area contributed by atoms with Gasteiger partial charge in [0.1, 0.15) is 23.2 Å². The SMILES string of the molecule is CC.CC(C)(N)c1cc(-c2nc3ccc(C(=N)N)cc3[nH]2)c(O)c(-c2cc(C#N)ccc2O)c1. The van der Waals surface area contributed by atoms with Crippen molar-refractivity contribution >= 4 is 16.9 Å². The van der Waals surface area contributed by atoms with Crippen LogP contribution in [0.4, 0.5) is 0 Å². The van der Waals surface area contributed by atoms with Gasteiger partial charge in [0.15, 0.2) is 0 Å². The van der Waals surface area contributed by atoms with E-state index < -0.39 is 5.54 Å². The number of aromatic nitrogens is 2. The Kier molecular flexibility index (Phi) is 6.61. The lowest BCUT2D eigenvalue weighted by atomic mass is 9.88. The largest absolute Gasteiger partial charge is 0.507 e. The van der Waals surface area contributed by atoms with Crippen LogP contribution in [0.5, 0.6) is 11.5 Å². The molecule has 8 N–H and O–H groups in total. The lowest BCUT2D eigenvalue weighted by Gasteiger charge is -2.22. The molecular weight excluding hydrogens is 428 g/mol. The number of aromatic hydroxyl groups is 2. The third-order valence-corrected chi connectivity index (χ3v) is 5.32. The Labute approximate surface area is 198 Å². The molecule has 0 atom stereocenters. The number of nitrogen functional groups attached to an aromatic ring is 1. The van der Waals surface area contributed by atoms with E-state index in [4.69, 9.17) is 16.9 Å². The van der Waals surface area contributed by atoms with Gasteiger partial charge in [-0.15, -0.1) is 0 Å². The lowest BCUT2D eigenvalue weighted by Crippen LogP contribution is -2.28. The summed E-state index contributed by atoms with van der Waals surface area (Å²) in [5.41, 5.74) is 15.1. The van der Waals surface area contributed by atoms with E-state index in [1.54, 1.807) is 30.3 Å². The average Bonchev–Trinajstić information content (AvgIpc) is 3.23. The number of nitrogens with two attached hydrogens (primary N) is 2. The molecule has 34 heavy (non-hydrogen) atoms. The minimum Gasteiger partial charge on any atom is -0.507 e. The summed E-state index contributed by atoms with van der Waals surface area (Å²) in [5, 5.41) is 38.6. The maximum Gasteiger partial charge on any atom is 0.142 e. The molecule has 0 fully saturated rings. The molecule has 0 saturated carbocycles. The molecule has 0 aliphatic carbocycles. The lowest BCUT2D eigenvalue weighted by molar-refractivity contribution is 0.469. The van der Waals surface area contributed by atoms with Crippen molar-refractivity contribution in [2.75, 3.05) is 0 Å². The van der Waals surface area contributed by atoms with Crippen LogP contribution < -0.4 is 11.5 Å². The van der Waals surface area contributed by atoms with Crippen molar-refractivity contribution in [2.24, 2.45) is 11.5 Å². The number of nitrogens with zero attached hydrogens (tertiary/aromatic N) is 2. The van der Waals surface area contributed by atoms with E-state index >= 15 is 0 Å². The first-order valence-electron chi connectivity index (χ1n) is 10.8. The molecule has 0 unspecified atom stereocenters. The van der Waals surface area contributed by atoms with Crippen LogP contribution in [0, 0.1) is 16.7 Å². The number of imidazole rings is 1. The fourth-order valence-corrected chi connectivity index (χ4v) is 3.52. The van der Waals surface area contributed by atoms with Crippen molar-refractivity contribution in [3.63, 3.8) is 0 Å². The van der Waals surface area contributed by atoms with Crippen LogP contribution in [-0.4, -0.2) is 26.0 Å². The highest BCUT2D eigenvalue weighted by Gasteiger charge is 2.23. The van der Waals surface area contributed by atoms with Gasteiger partial charge in [-0.2, -0.15) is 5.26 Å². The maximum absolute atomic E-state index is 11.2. The Bertz CT molecular complexity index is 1420. The first-order valence-corrected chi connectivity index (χ1v) is 10.8. The molecule has 8 heteroatoms. The van der Waals surface area contributed by atoms with Crippen molar-refractivity contribution in [3.8, 4) is 40.1 Å². The van der Waals surface area contributed by atoms with Gasteiger partial charge in [-0.3, -0.25) is 5.41 Å². The summed E-state index contributed by atoms with van der Waals surface area (Å²) in [4.78, 5) is 7.74. The van der Waals surface area contributed by atoms with E-state index in [1.165, 1.54) is 18.2 Å². The second-order valence-electron chi connectivity index (χ2n) is 8.22. The number of aromatic amines is 1. The van der Waals surface area contributed by atoms with Gasteiger partial charge in [-0.1, -0.05) is 13.8 Å². The number of hydrogen-bond acceptors (Lipinski definition) is 6. The van der Waals surface area contributed by atoms with Crippen LogP contribution in [0.15, 0.2) is 48.5 Å². The molecule has 0 aliphatic heterocycles. The van der Waals surface area contributed by atoms with Gasteiger partial charge in [-0.05, 0) is 67.9 Å². The summed E-state index contributed by atoms with van der Waals surface area (Å²) in [6.07, 6.45) is 0. The summed E-state index contributed by atoms with van der Waals surface area (Å²) in [7, 11) is 0. The zero-order valence-electron chi connectivity index (χ0n) is 19.6. The molecule has 1 aromatic heterocycles. The van der Waals surface area contributed by atoms with Gasteiger partial charge in [0.05, 0.1) is 28.2 Å². The molecule has 8 nitrogen and oxygen atoms in total. The predicted molar refractivity (Wildman–Crippen MR) is 135 cm³/mol. The Hall–Kier alpha value is -4.35. The molecule has 174 valence electrons. The van der Waals surface area contributed by atoms with Crippen molar-refractivity contribution in [3.05, 3.63) is 65.2 Å². The minimum absolute atomic E-state index is 0.0621. The molecule has 3 aromatic carbocycles. The van der Waals surface area contributed by atoms with Crippen molar-refractivity contribution in [2.45, 2.75) is 33.2 Å². The van der Waals surface area contributed by atoms with Crippen molar-refractivity contribution in [1.29, 1.82) is 10.7 Å². The zero-order chi connectivity index (χ0) is 25.2. The number of phenols is 2. The molecule has 4 rings (SSSR count). The van der Waals surface area contributed by atoms with Crippen LogP contribution in [0.1, 0.15) is 44.4 Å². The van der Waals surface area contributed by atoms with E-state index in [0.717, 1.165) is 0 Å². The number of nitriles is 1. The first-order chi connectivity index (χ1) is 16.1. The standard InChI is InChI=1S/C24H22N6O2.C2H6/c1-24(2,28)14-9-16(15-7-12(11-25)3-6-20(15)31)21(32)17(10-14)23-29-18-5-4-13(22(26)27)8-19(18)30-23;1-2/h3-10,31-32H,28H2,1-2H3,(H3,26,27)(H,29,30);1-2H3. The van der Waals surface area contributed by atoms with E-state index in [2.05, 4.69) is 9.97 Å². The smallest absolute Gasteiger partial charge is 0.142 e. The number of H-pyrrole nitrogens is 1. The summed E-state index contributed by atoms with van der Waals surface area (Å²) < 4.78 is 0. The second-order valence-corrected chi connectivity index (χ2v) is 8.22. The van der Waals surface area contributed by atoms with Gasteiger partial charge >= 0.3 is 0 Å². The molecule has 0 radical (unpaired) electrons. The van der Waals surface area contributed by atoms with Crippen LogP contribution >= 0.6 is 0 Å². The molecular formula is C26H28N6O2. The number of rotatable bonds is 4. The number of phenolic OH excluding ortho intramolecular Hbond substituents is 2. The molecule has 4 aromatic rings. The molecule has 0 saturated heterocycles. The van der Waals surface area contributed by atoms with Gasteiger partial charge < -0.3 is 26.7 Å². The first kappa shape index (κ1) is 24.3. The topological polar surface area (TPSA) is 169 Å². The van der Waals surface area contributed by atoms with Crippen LogP contribution in [0.2, 0.25) is 0 Å². The Balaban J connectivity index is 0.00000158. The van der Waals surface area contributed by atoms with E-state index in [-0.39, 0.29) is 17.3 Å². The van der Waals surface area contributed by atoms with Crippen LogP contribution in [-0.2, 0) is 5.54 Å². The zero-order valence-corrected chi connectivity index (χ0v) is 19.6. The number of nitrogens with one attached hydrogen (secondary N) is 2. The Morgan fingerprint density at radius 2 is 1.71 bits per heavy atom. The maximum atomic E-state index is 11.2. The van der Waals surface area contributed by atoms with E-state index in [9.17, 15) is 15.5 Å².